The number of esters is 1. The van der Waals surface area contributed by atoms with Crippen molar-refractivity contribution in [3.05, 3.63) is 71.7 Å². The number of rotatable bonds is 5. The van der Waals surface area contributed by atoms with Gasteiger partial charge in [0.1, 0.15) is 5.56 Å². The van der Waals surface area contributed by atoms with Gasteiger partial charge in [0.2, 0.25) is 0 Å². The van der Waals surface area contributed by atoms with Crippen molar-refractivity contribution in [2.24, 2.45) is 0 Å². The predicted octanol–water partition coefficient (Wildman–Crippen LogP) is 3.10. The lowest BCUT2D eigenvalue weighted by Crippen LogP contribution is -2.50. The summed E-state index contributed by atoms with van der Waals surface area (Å²) in [5, 5.41) is 4.16. The highest BCUT2D eigenvalue weighted by Crippen LogP contribution is 2.31. The van der Waals surface area contributed by atoms with Gasteiger partial charge in [0.25, 0.3) is 5.91 Å². The smallest absolute Gasteiger partial charge is 0.416 e. The fraction of sp³-hybridized carbons (Fsp3) is 0.304. The number of hydrogen-bond acceptors (Lipinski definition) is 6. The number of aromatic nitrogens is 3. The second-order valence-electron chi connectivity index (χ2n) is 7.74. The van der Waals surface area contributed by atoms with Crippen molar-refractivity contribution < 1.29 is 27.5 Å². The average molecular weight is 473 g/mol. The summed E-state index contributed by atoms with van der Waals surface area (Å²) in [4.78, 5) is 32.5. The molecule has 2 aromatic heterocycles. The van der Waals surface area contributed by atoms with Crippen LogP contribution in [0.2, 0.25) is 0 Å². The van der Waals surface area contributed by atoms with Crippen LogP contribution in [-0.2, 0) is 15.7 Å². The van der Waals surface area contributed by atoms with E-state index in [2.05, 4.69) is 10.1 Å². The van der Waals surface area contributed by atoms with Crippen LogP contribution in [0, 0.1) is 6.92 Å². The molecule has 0 saturated carbocycles. The van der Waals surface area contributed by atoms with Gasteiger partial charge in [-0.15, -0.1) is 0 Å². The minimum absolute atomic E-state index is 0.229. The quantitative estimate of drug-likeness (QED) is 0.530. The van der Waals surface area contributed by atoms with E-state index in [9.17, 15) is 22.8 Å². The van der Waals surface area contributed by atoms with Crippen LogP contribution in [-0.4, -0.2) is 64.3 Å². The molecule has 0 atom stereocenters. The molecule has 4 rings (SSSR count). The van der Waals surface area contributed by atoms with E-state index in [1.54, 1.807) is 42.3 Å². The molecule has 3 heterocycles. The Morgan fingerprint density at radius 2 is 1.82 bits per heavy atom. The summed E-state index contributed by atoms with van der Waals surface area (Å²) in [6.45, 7) is 2.63. The number of pyridine rings is 1. The second-order valence-corrected chi connectivity index (χ2v) is 7.74. The van der Waals surface area contributed by atoms with Crippen LogP contribution in [0.5, 0.6) is 0 Å². The predicted molar refractivity (Wildman–Crippen MR) is 117 cm³/mol. The Bertz CT molecular complexity index is 1170. The van der Waals surface area contributed by atoms with Crippen LogP contribution in [0.3, 0.4) is 0 Å². The Hall–Kier alpha value is -3.89. The lowest BCUT2D eigenvalue weighted by Gasteiger charge is -2.36. The highest BCUT2D eigenvalue weighted by molar-refractivity contribution is 5.92. The molecule has 1 aliphatic heterocycles. The van der Waals surface area contributed by atoms with Gasteiger partial charge in [0.15, 0.2) is 12.4 Å². The number of carbonyl (C=O) groups excluding carboxylic acids is 2. The highest BCUT2D eigenvalue weighted by Gasteiger charge is 2.31. The Morgan fingerprint density at radius 3 is 2.50 bits per heavy atom. The normalized spacial score (nSPS) is 14.2. The molecule has 1 fully saturated rings. The molecule has 1 amide bonds. The van der Waals surface area contributed by atoms with Gasteiger partial charge >= 0.3 is 12.1 Å². The van der Waals surface area contributed by atoms with Crippen molar-refractivity contribution in [1.29, 1.82) is 0 Å². The largest absolute Gasteiger partial charge is 0.452 e. The van der Waals surface area contributed by atoms with Gasteiger partial charge in [-0.3, -0.25) is 4.79 Å². The molecule has 0 spiro atoms. The third-order valence-corrected chi connectivity index (χ3v) is 5.59. The number of nitrogens with zero attached hydrogens (tertiary/aromatic N) is 5. The SMILES string of the molecule is Cc1c(C(=O)OCC(=O)N2CCN(c3cccc(C(F)(F)F)c3)CC2)cnn1-c1ccccn1. The lowest BCUT2D eigenvalue weighted by molar-refractivity contribution is -0.137. The highest BCUT2D eigenvalue weighted by atomic mass is 19.4. The van der Waals surface area contributed by atoms with Crippen molar-refractivity contribution in [1.82, 2.24) is 19.7 Å². The first-order valence-corrected chi connectivity index (χ1v) is 10.6. The van der Waals surface area contributed by atoms with Gasteiger partial charge in [-0.1, -0.05) is 12.1 Å². The van der Waals surface area contributed by atoms with E-state index in [4.69, 9.17) is 4.74 Å². The number of alkyl halides is 3. The number of benzene rings is 1. The molecular weight excluding hydrogens is 451 g/mol. The van der Waals surface area contributed by atoms with E-state index in [0.29, 0.717) is 43.4 Å². The van der Waals surface area contributed by atoms with Gasteiger partial charge in [0.05, 0.1) is 17.5 Å². The summed E-state index contributed by atoms with van der Waals surface area (Å²) >= 11 is 0. The van der Waals surface area contributed by atoms with Crippen LogP contribution >= 0.6 is 0 Å². The van der Waals surface area contributed by atoms with Gasteiger partial charge in [-0.05, 0) is 37.3 Å². The Labute approximate surface area is 193 Å². The van der Waals surface area contributed by atoms with Gasteiger partial charge < -0.3 is 14.5 Å². The molecule has 0 radical (unpaired) electrons. The third kappa shape index (κ3) is 5.03. The summed E-state index contributed by atoms with van der Waals surface area (Å²) in [6.07, 6.45) is -1.44. The minimum Gasteiger partial charge on any atom is -0.452 e. The van der Waals surface area contributed by atoms with Crippen LogP contribution in [0.1, 0.15) is 21.6 Å². The Balaban J connectivity index is 1.30. The van der Waals surface area contributed by atoms with Crippen molar-refractivity contribution in [2.75, 3.05) is 37.7 Å². The van der Waals surface area contributed by atoms with Crippen LogP contribution in [0.4, 0.5) is 18.9 Å². The maximum atomic E-state index is 13.0. The van der Waals surface area contributed by atoms with Crippen molar-refractivity contribution >= 4 is 17.6 Å². The first kappa shape index (κ1) is 23.3. The molecule has 0 unspecified atom stereocenters. The topological polar surface area (TPSA) is 80.6 Å². The van der Waals surface area contributed by atoms with Gasteiger partial charge in [0, 0.05) is 38.1 Å². The number of anilines is 1. The van der Waals surface area contributed by atoms with E-state index in [1.165, 1.54) is 21.8 Å². The van der Waals surface area contributed by atoms with Crippen molar-refractivity contribution in [3.8, 4) is 5.82 Å². The zero-order valence-electron chi connectivity index (χ0n) is 18.3. The molecule has 3 aromatic rings. The third-order valence-electron chi connectivity index (χ3n) is 5.59. The molecule has 1 saturated heterocycles. The zero-order chi connectivity index (χ0) is 24.3. The van der Waals surface area contributed by atoms with Crippen LogP contribution < -0.4 is 4.90 Å². The first-order chi connectivity index (χ1) is 16.2. The van der Waals surface area contributed by atoms with E-state index in [-0.39, 0.29) is 11.5 Å². The van der Waals surface area contributed by atoms with E-state index < -0.39 is 24.3 Å². The van der Waals surface area contributed by atoms with E-state index >= 15 is 0 Å². The minimum atomic E-state index is -4.41. The molecular formula is C23H22F3N5O3. The van der Waals surface area contributed by atoms with E-state index in [1.807, 2.05) is 0 Å². The summed E-state index contributed by atoms with van der Waals surface area (Å²) in [6, 6.07) is 10.4. The number of carbonyl (C=O) groups is 2. The molecule has 8 nitrogen and oxygen atoms in total. The second kappa shape index (κ2) is 9.54. The fourth-order valence-corrected chi connectivity index (χ4v) is 3.71. The maximum absolute atomic E-state index is 13.0. The number of halogens is 3. The van der Waals surface area contributed by atoms with E-state index in [0.717, 1.165) is 12.1 Å². The summed E-state index contributed by atoms with van der Waals surface area (Å²) < 4.78 is 45.6. The molecule has 1 aliphatic rings. The monoisotopic (exact) mass is 473 g/mol. The number of amides is 1. The summed E-state index contributed by atoms with van der Waals surface area (Å²) in [7, 11) is 0. The van der Waals surface area contributed by atoms with Crippen LogP contribution in [0.15, 0.2) is 54.9 Å². The van der Waals surface area contributed by atoms with Gasteiger partial charge in [-0.2, -0.15) is 18.3 Å². The standard InChI is InChI=1S/C23H22F3N5O3/c1-16-19(14-28-31(16)20-7-2-3-8-27-20)22(33)34-15-21(32)30-11-9-29(10-12-30)18-6-4-5-17(13-18)23(24,25)26/h2-8,13-14H,9-12,15H2,1H3. The zero-order valence-corrected chi connectivity index (χ0v) is 18.3. The molecule has 0 aliphatic carbocycles. The van der Waals surface area contributed by atoms with Crippen molar-refractivity contribution in [3.63, 3.8) is 0 Å². The van der Waals surface area contributed by atoms with Crippen LogP contribution in [0.25, 0.3) is 5.82 Å². The number of ether oxygens (including phenoxy) is 1. The average Bonchev–Trinajstić information content (AvgIpc) is 3.24. The Kier molecular flexibility index (Phi) is 6.53. The van der Waals surface area contributed by atoms with Crippen molar-refractivity contribution in [2.45, 2.75) is 13.1 Å². The number of piperazine rings is 1. The Morgan fingerprint density at radius 1 is 1.06 bits per heavy atom. The lowest BCUT2D eigenvalue weighted by atomic mass is 10.1. The maximum Gasteiger partial charge on any atom is 0.416 e. The summed E-state index contributed by atoms with van der Waals surface area (Å²) in [5.41, 5.74) is 0.504. The molecule has 0 N–H and O–H groups in total. The number of hydrogen-bond donors (Lipinski definition) is 0. The summed E-state index contributed by atoms with van der Waals surface area (Å²) in [5.74, 6) is -0.490. The molecule has 178 valence electrons. The fourth-order valence-electron chi connectivity index (χ4n) is 3.71. The van der Waals surface area contributed by atoms with Gasteiger partial charge in [-0.25, -0.2) is 14.5 Å². The molecule has 11 heteroatoms. The first-order valence-electron chi connectivity index (χ1n) is 10.6. The molecule has 34 heavy (non-hydrogen) atoms. The molecule has 0 bridgehead atoms. The molecule has 1 aromatic carbocycles.